The monoisotopic (exact) mass is 258 g/mol. The van der Waals surface area contributed by atoms with Crippen LogP contribution in [0, 0.1) is 20.8 Å². The fourth-order valence-electron chi connectivity index (χ4n) is 2.49. The van der Waals surface area contributed by atoms with Crippen LogP contribution in [0.4, 0.5) is 5.82 Å². The number of carbonyl (C=O) groups excluding carboxylic acids is 1. The van der Waals surface area contributed by atoms with Crippen molar-refractivity contribution in [3.63, 3.8) is 0 Å². The summed E-state index contributed by atoms with van der Waals surface area (Å²) in [5, 5.41) is 0. The summed E-state index contributed by atoms with van der Waals surface area (Å²) >= 11 is 0. The third kappa shape index (κ3) is 2.34. The predicted molar refractivity (Wildman–Crippen MR) is 76.2 cm³/mol. The summed E-state index contributed by atoms with van der Waals surface area (Å²) in [6, 6.07) is 5.96. The first-order chi connectivity index (χ1) is 8.93. The molecule has 0 aliphatic carbocycles. The largest absolute Gasteiger partial charge is 0.465 e. The van der Waals surface area contributed by atoms with E-state index in [1.165, 1.54) is 12.7 Å². The molecule has 4 nitrogen and oxygen atoms in total. The lowest BCUT2D eigenvalue weighted by molar-refractivity contribution is 0.0602. The molecule has 1 aromatic carbocycles. The number of nitrogens with one attached hydrogen (secondary N) is 1. The lowest BCUT2D eigenvalue weighted by Gasteiger charge is -2.09. The number of carbonyl (C=O) groups is 1. The SMILES string of the molecule is COC(=O)c1cc(-c2c(C)cc(C)cc2C)[nH]c1N. The van der Waals surface area contributed by atoms with Crippen molar-refractivity contribution in [2.45, 2.75) is 20.8 Å². The van der Waals surface area contributed by atoms with Gasteiger partial charge in [-0.15, -0.1) is 0 Å². The number of methoxy groups -OCH3 is 1. The molecule has 0 aliphatic heterocycles. The summed E-state index contributed by atoms with van der Waals surface area (Å²) in [5.41, 5.74) is 11.6. The van der Waals surface area contributed by atoms with E-state index in [-0.39, 0.29) is 0 Å². The average molecular weight is 258 g/mol. The number of aromatic nitrogens is 1. The van der Waals surface area contributed by atoms with Gasteiger partial charge < -0.3 is 15.5 Å². The molecule has 0 fully saturated rings. The number of nitrogen functional groups attached to an aromatic ring is 1. The first kappa shape index (κ1) is 13.2. The van der Waals surface area contributed by atoms with Crippen LogP contribution in [0.25, 0.3) is 11.3 Å². The number of hydrogen-bond donors (Lipinski definition) is 2. The van der Waals surface area contributed by atoms with Gasteiger partial charge in [-0.05, 0) is 38.0 Å². The van der Waals surface area contributed by atoms with Crippen molar-refractivity contribution in [3.05, 3.63) is 40.5 Å². The van der Waals surface area contributed by atoms with Crippen LogP contribution in [-0.4, -0.2) is 18.1 Å². The number of hydrogen-bond acceptors (Lipinski definition) is 3. The van der Waals surface area contributed by atoms with Crippen molar-refractivity contribution in [2.75, 3.05) is 12.8 Å². The number of anilines is 1. The van der Waals surface area contributed by atoms with Crippen molar-refractivity contribution in [2.24, 2.45) is 0 Å². The zero-order valence-electron chi connectivity index (χ0n) is 11.6. The molecule has 2 rings (SSSR count). The van der Waals surface area contributed by atoms with Crippen LogP contribution < -0.4 is 5.73 Å². The molecule has 0 spiro atoms. The van der Waals surface area contributed by atoms with Crippen LogP contribution in [0.1, 0.15) is 27.0 Å². The number of aromatic amines is 1. The van der Waals surface area contributed by atoms with Crippen LogP contribution in [0.2, 0.25) is 0 Å². The summed E-state index contributed by atoms with van der Waals surface area (Å²) < 4.78 is 4.71. The standard InChI is InChI=1S/C15H18N2O2/c1-8-5-9(2)13(10(3)6-8)12-7-11(14(16)17-12)15(18)19-4/h5-7,17H,16H2,1-4H3. The second-order valence-electron chi connectivity index (χ2n) is 4.78. The average Bonchev–Trinajstić information content (AvgIpc) is 2.68. The summed E-state index contributed by atoms with van der Waals surface area (Å²) in [6.07, 6.45) is 0. The van der Waals surface area contributed by atoms with Crippen molar-refractivity contribution in [3.8, 4) is 11.3 Å². The van der Waals surface area contributed by atoms with Gasteiger partial charge in [-0.3, -0.25) is 0 Å². The molecule has 0 atom stereocenters. The summed E-state index contributed by atoms with van der Waals surface area (Å²) in [4.78, 5) is 14.6. The molecule has 0 amide bonds. The zero-order valence-corrected chi connectivity index (χ0v) is 11.6. The lowest BCUT2D eigenvalue weighted by atomic mass is 9.97. The van der Waals surface area contributed by atoms with Gasteiger partial charge in [0.1, 0.15) is 11.4 Å². The van der Waals surface area contributed by atoms with Crippen LogP contribution >= 0.6 is 0 Å². The number of benzene rings is 1. The van der Waals surface area contributed by atoms with Gasteiger partial charge >= 0.3 is 5.97 Å². The van der Waals surface area contributed by atoms with E-state index in [4.69, 9.17) is 10.5 Å². The molecule has 0 saturated heterocycles. The fraction of sp³-hybridized carbons (Fsp3) is 0.267. The fourth-order valence-corrected chi connectivity index (χ4v) is 2.49. The van der Waals surface area contributed by atoms with E-state index < -0.39 is 5.97 Å². The Balaban J connectivity index is 2.58. The molecule has 0 radical (unpaired) electrons. The van der Waals surface area contributed by atoms with E-state index in [2.05, 4.69) is 24.0 Å². The summed E-state index contributed by atoms with van der Waals surface area (Å²) in [6.45, 7) is 6.15. The van der Waals surface area contributed by atoms with Gasteiger partial charge in [0.15, 0.2) is 0 Å². The molecule has 0 bridgehead atoms. The lowest BCUT2D eigenvalue weighted by Crippen LogP contribution is -2.02. The molecule has 3 N–H and O–H groups in total. The Morgan fingerprint density at radius 3 is 2.26 bits per heavy atom. The van der Waals surface area contributed by atoms with Crippen molar-refractivity contribution in [1.82, 2.24) is 4.98 Å². The first-order valence-electron chi connectivity index (χ1n) is 6.09. The van der Waals surface area contributed by atoms with E-state index >= 15 is 0 Å². The third-order valence-electron chi connectivity index (χ3n) is 3.20. The number of nitrogens with two attached hydrogens (primary N) is 1. The molecule has 4 heteroatoms. The van der Waals surface area contributed by atoms with Crippen LogP contribution in [0.3, 0.4) is 0 Å². The van der Waals surface area contributed by atoms with Crippen LogP contribution in [0.5, 0.6) is 0 Å². The minimum absolute atomic E-state index is 0.334. The molecule has 1 heterocycles. The Labute approximate surface area is 112 Å². The quantitative estimate of drug-likeness (QED) is 0.814. The topological polar surface area (TPSA) is 68.1 Å². The van der Waals surface area contributed by atoms with Gasteiger partial charge in [0.05, 0.1) is 7.11 Å². The molecule has 1 aromatic heterocycles. The molecule has 2 aromatic rings. The maximum absolute atomic E-state index is 11.6. The second kappa shape index (κ2) is 4.80. The molecule has 100 valence electrons. The van der Waals surface area contributed by atoms with Crippen LogP contribution in [-0.2, 0) is 4.74 Å². The summed E-state index contributed by atoms with van der Waals surface area (Å²) in [5.74, 6) is -0.0938. The number of rotatable bonds is 2. The maximum Gasteiger partial charge on any atom is 0.341 e. The normalized spacial score (nSPS) is 10.5. The van der Waals surface area contributed by atoms with Gasteiger partial charge in [0, 0.05) is 11.3 Å². The van der Waals surface area contributed by atoms with Gasteiger partial charge in [0.2, 0.25) is 0 Å². The number of aryl methyl sites for hydroxylation is 3. The van der Waals surface area contributed by atoms with Crippen molar-refractivity contribution in [1.29, 1.82) is 0 Å². The van der Waals surface area contributed by atoms with Crippen LogP contribution in [0.15, 0.2) is 18.2 Å². The number of ether oxygens (including phenoxy) is 1. The Bertz CT molecular complexity index is 619. The van der Waals surface area contributed by atoms with E-state index in [1.54, 1.807) is 6.07 Å². The number of H-pyrrole nitrogens is 1. The van der Waals surface area contributed by atoms with Gasteiger partial charge in [-0.2, -0.15) is 0 Å². The Kier molecular flexibility index (Phi) is 3.34. The highest BCUT2D eigenvalue weighted by atomic mass is 16.5. The molecular formula is C15H18N2O2. The Morgan fingerprint density at radius 1 is 1.16 bits per heavy atom. The smallest absolute Gasteiger partial charge is 0.341 e. The van der Waals surface area contributed by atoms with Crippen molar-refractivity contribution >= 4 is 11.8 Å². The van der Waals surface area contributed by atoms with Gasteiger partial charge in [0.25, 0.3) is 0 Å². The minimum Gasteiger partial charge on any atom is -0.465 e. The minimum atomic E-state index is -0.428. The molecular weight excluding hydrogens is 240 g/mol. The highest BCUT2D eigenvalue weighted by molar-refractivity contribution is 5.96. The van der Waals surface area contributed by atoms with Crippen molar-refractivity contribution < 1.29 is 9.53 Å². The molecule has 19 heavy (non-hydrogen) atoms. The highest BCUT2D eigenvalue weighted by Gasteiger charge is 2.16. The number of esters is 1. The second-order valence-corrected chi connectivity index (χ2v) is 4.78. The summed E-state index contributed by atoms with van der Waals surface area (Å²) in [7, 11) is 1.34. The van der Waals surface area contributed by atoms with E-state index in [1.807, 2.05) is 13.8 Å². The third-order valence-corrected chi connectivity index (χ3v) is 3.20. The zero-order chi connectivity index (χ0) is 14.2. The van der Waals surface area contributed by atoms with E-state index in [0.29, 0.717) is 11.4 Å². The van der Waals surface area contributed by atoms with Gasteiger partial charge in [-0.25, -0.2) is 4.79 Å². The molecule has 0 unspecified atom stereocenters. The Hall–Kier alpha value is -2.23. The highest BCUT2D eigenvalue weighted by Crippen LogP contribution is 2.30. The predicted octanol–water partition coefficient (Wildman–Crippen LogP) is 2.98. The van der Waals surface area contributed by atoms with E-state index in [9.17, 15) is 4.79 Å². The van der Waals surface area contributed by atoms with Gasteiger partial charge in [-0.1, -0.05) is 17.7 Å². The first-order valence-corrected chi connectivity index (χ1v) is 6.09. The molecule has 0 aliphatic rings. The Morgan fingerprint density at radius 2 is 1.74 bits per heavy atom. The molecule has 0 saturated carbocycles. The van der Waals surface area contributed by atoms with E-state index in [0.717, 1.165) is 22.4 Å². The maximum atomic E-state index is 11.6.